The van der Waals surface area contributed by atoms with Gasteiger partial charge in [0.2, 0.25) is 0 Å². The predicted molar refractivity (Wildman–Crippen MR) is 72.9 cm³/mol. The molecule has 0 spiro atoms. The van der Waals surface area contributed by atoms with Gasteiger partial charge >= 0.3 is 6.36 Å². The molecule has 2 rings (SSSR count). The first-order chi connectivity index (χ1) is 9.90. The third kappa shape index (κ3) is 3.89. The number of nitriles is 1. The van der Waals surface area contributed by atoms with Crippen LogP contribution >= 0.6 is 11.6 Å². The van der Waals surface area contributed by atoms with E-state index in [0.29, 0.717) is 16.1 Å². The van der Waals surface area contributed by atoms with Crippen molar-refractivity contribution in [2.24, 2.45) is 0 Å². The number of halogens is 4. The monoisotopic (exact) mass is 311 g/mol. The zero-order chi connectivity index (χ0) is 15.5. The van der Waals surface area contributed by atoms with Gasteiger partial charge in [-0.15, -0.1) is 13.2 Å². The Labute approximate surface area is 124 Å². The van der Waals surface area contributed by atoms with Gasteiger partial charge in [0.1, 0.15) is 5.75 Å². The topological polar surface area (TPSA) is 33.0 Å². The van der Waals surface area contributed by atoms with Crippen molar-refractivity contribution in [1.82, 2.24) is 0 Å². The highest BCUT2D eigenvalue weighted by atomic mass is 35.5. The molecule has 0 radical (unpaired) electrons. The van der Waals surface area contributed by atoms with Crippen LogP contribution in [0, 0.1) is 11.3 Å². The lowest BCUT2D eigenvalue weighted by Gasteiger charge is -2.15. The van der Waals surface area contributed by atoms with Crippen molar-refractivity contribution >= 4 is 11.6 Å². The van der Waals surface area contributed by atoms with E-state index in [1.165, 1.54) is 18.2 Å². The van der Waals surface area contributed by atoms with Crippen molar-refractivity contribution in [3.63, 3.8) is 0 Å². The van der Waals surface area contributed by atoms with Crippen LogP contribution in [0.2, 0.25) is 5.02 Å². The molecule has 6 heteroatoms. The fraction of sp³-hybridized carbons (Fsp3) is 0.133. The molecule has 0 unspecified atom stereocenters. The summed E-state index contributed by atoms with van der Waals surface area (Å²) in [4.78, 5) is 0. The summed E-state index contributed by atoms with van der Waals surface area (Å²) in [7, 11) is 0. The van der Waals surface area contributed by atoms with Crippen molar-refractivity contribution < 1.29 is 17.9 Å². The zero-order valence-electron chi connectivity index (χ0n) is 10.6. The van der Waals surface area contributed by atoms with Gasteiger partial charge in [-0.2, -0.15) is 5.26 Å². The highest BCUT2D eigenvalue weighted by Gasteiger charge is 2.32. The summed E-state index contributed by atoms with van der Waals surface area (Å²) in [5.74, 6) is -0.313. The molecule has 2 aromatic carbocycles. The van der Waals surface area contributed by atoms with Crippen LogP contribution in [-0.2, 0) is 6.42 Å². The molecule has 0 fully saturated rings. The van der Waals surface area contributed by atoms with E-state index < -0.39 is 6.36 Å². The van der Waals surface area contributed by atoms with E-state index in [9.17, 15) is 13.2 Å². The van der Waals surface area contributed by atoms with E-state index in [4.69, 9.17) is 16.9 Å². The summed E-state index contributed by atoms with van der Waals surface area (Å²) in [6.07, 6.45) is -4.74. The van der Waals surface area contributed by atoms with E-state index in [0.717, 1.165) is 0 Å². The lowest BCUT2D eigenvalue weighted by molar-refractivity contribution is -0.274. The molecule has 0 saturated heterocycles. The van der Waals surface area contributed by atoms with Gasteiger partial charge in [-0.3, -0.25) is 0 Å². The number of nitrogens with zero attached hydrogens (tertiary/aromatic N) is 1. The van der Waals surface area contributed by atoms with E-state index in [-0.39, 0.29) is 17.7 Å². The minimum Gasteiger partial charge on any atom is -0.405 e. The van der Waals surface area contributed by atoms with E-state index in [1.807, 2.05) is 6.07 Å². The molecular weight excluding hydrogens is 303 g/mol. The highest BCUT2D eigenvalue weighted by Crippen LogP contribution is 2.36. The van der Waals surface area contributed by atoms with Gasteiger partial charge in [-0.1, -0.05) is 35.9 Å². The molecule has 0 heterocycles. The van der Waals surface area contributed by atoms with Gasteiger partial charge in [0.05, 0.1) is 12.5 Å². The van der Waals surface area contributed by atoms with Crippen LogP contribution in [0.15, 0.2) is 42.5 Å². The number of ether oxygens (including phenoxy) is 1. The first-order valence-electron chi connectivity index (χ1n) is 5.91. The molecule has 2 nitrogen and oxygen atoms in total. The molecule has 0 N–H and O–H groups in total. The number of benzene rings is 2. The van der Waals surface area contributed by atoms with Crippen molar-refractivity contribution in [3.8, 4) is 22.9 Å². The Morgan fingerprint density at radius 2 is 1.81 bits per heavy atom. The van der Waals surface area contributed by atoms with Crippen molar-refractivity contribution in [3.05, 3.63) is 53.1 Å². The zero-order valence-corrected chi connectivity index (χ0v) is 11.4. The first-order valence-corrected chi connectivity index (χ1v) is 6.29. The standard InChI is InChI=1S/C15H9ClF3NO/c16-11-5-6-12(10(9-11)7-8-20)13-3-1-2-4-14(13)21-15(17,18)19/h1-6,9H,7H2. The lowest BCUT2D eigenvalue weighted by atomic mass is 9.97. The van der Waals surface area contributed by atoms with Gasteiger partial charge in [-0.05, 0) is 29.3 Å². The van der Waals surface area contributed by atoms with Gasteiger partial charge < -0.3 is 4.74 Å². The van der Waals surface area contributed by atoms with Crippen LogP contribution in [0.3, 0.4) is 0 Å². The molecular formula is C15H9ClF3NO. The summed E-state index contributed by atoms with van der Waals surface area (Å²) in [6, 6.07) is 12.4. The normalized spacial score (nSPS) is 11.0. The number of para-hydroxylation sites is 1. The van der Waals surface area contributed by atoms with Crippen LogP contribution in [0.25, 0.3) is 11.1 Å². The number of rotatable bonds is 3. The van der Waals surface area contributed by atoms with Crippen LogP contribution in [-0.4, -0.2) is 6.36 Å². The third-order valence-electron chi connectivity index (χ3n) is 2.74. The second-order valence-electron chi connectivity index (χ2n) is 4.18. The van der Waals surface area contributed by atoms with Crippen molar-refractivity contribution in [1.29, 1.82) is 5.26 Å². The highest BCUT2D eigenvalue weighted by molar-refractivity contribution is 6.30. The molecule has 0 aliphatic heterocycles. The smallest absolute Gasteiger partial charge is 0.405 e. The van der Waals surface area contributed by atoms with E-state index in [2.05, 4.69) is 4.74 Å². The van der Waals surface area contributed by atoms with Crippen LogP contribution in [0.5, 0.6) is 5.75 Å². The molecule has 108 valence electrons. The summed E-state index contributed by atoms with van der Waals surface area (Å²) in [5, 5.41) is 9.25. The average Bonchev–Trinajstić information content (AvgIpc) is 2.39. The SMILES string of the molecule is N#CCc1cc(Cl)ccc1-c1ccccc1OC(F)(F)F. The van der Waals surface area contributed by atoms with Crippen LogP contribution in [0.1, 0.15) is 5.56 Å². The first kappa shape index (κ1) is 15.2. The molecule has 0 bridgehead atoms. The average molecular weight is 312 g/mol. The van der Waals surface area contributed by atoms with E-state index >= 15 is 0 Å². The Kier molecular flexibility index (Phi) is 4.39. The van der Waals surface area contributed by atoms with Crippen molar-refractivity contribution in [2.75, 3.05) is 0 Å². The van der Waals surface area contributed by atoms with Gasteiger partial charge in [0.15, 0.2) is 0 Å². The fourth-order valence-corrected chi connectivity index (χ4v) is 2.15. The molecule has 2 aromatic rings. The Bertz CT molecular complexity index is 692. The molecule has 0 atom stereocenters. The second-order valence-corrected chi connectivity index (χ2v) is 4.62. The number of alkyl halides is 3. The molecule has 0 saturated carbocycles. The molecule has 0 aromatic heterocycles. The Hall–Kier alpha value is -2.19. The van der Waals surface area contributed by atoms with E-state index in [1.54, 1.807) is 24.3 Å². The number of hydrogen-bond donors (Lipinski definition) is 0. The van der Waals surface area contributed by atoms with Gasteiger partial charge in [0, 0.05) is 10.6 Å². The summed E-state index contributed by atoms with van der Waals surface area (Å²) in [6.45, 7) is 0. The lowest BCUT2D eigenvalue weighted by Crippen LogP contribution is -2.17. The number of hydrogen-bond acceptors (Lipinski definition) is 2. The summed E-state index contributed by atoms with van der Waals surface area (Å²) in [5.41, 5.74) is 1.29. The molecule has 0 aliphatic carbocycles. The van der Waals surface area contributed by atoms with Gasteiger partial charge in [-0.25, -0.2) is 0 Å². The third-order valence-corrected chi connectivity index (χ3v) is 2.97. The largest absolute Gasteiger partial charge is 0.573 e. The minimum absolute atomic E-state index is 0.0379. The maximum absolute atomic E-state index is 12.5. The minimum atomic E-state index is -4.78. The van der Waals surface area contributed by atoms with Crippen molar-refractivity contribution in [2.45, 2.75) is 12.8 Å². The Morgan fingerprint density at radius 1 is 1.10 bits per heavy atom. The van der Waals surface area contributed by atoms with Crippen LogP contribution in [0.4, 0.5) is 13.2 Å². The second kappa shape index (κ2) is 6.06. The quantitative estimate of drug-likeness (QED) is 0.801. The summed E-state index contributed by atoms with van der Waals surface area (Å²) < 4.78 is 41.4. The molecule has 21 heavy (non-hydrogen) atoms. The summed E-state index contributed by atoms with van der Waals surface area (Å²) >= 11 is 5.87. The van der Waals surface area contributed by atoms with Gasteiger partial charge in [0.25, 0.3) is 0 Å². The fourth-order valence-electron chi connectivity index (χ4n) is 1.96. The Morgan fingerprint density at radius 3 is 2.48 bits per heavy atom. The molecule has 0 amide bonds. The maximum Gasteiger partial charge on any atom is 0.573 e. The van der Waals surface area contributed by atoms with Crippen LogP contribution < -0.4 is 4.74 Å². The maximum atomic E-state index is 12.5. The predicted octanol–water partition coefficient (Wildman–Crippen LogP) is 4.97. The Balaban J connectivity index is 2.55. The molecule has 0 aliphatic rings.